The highest BCUT2D eigenvalue weighted by Crippen LogP contribution is 2.49. The van der Waals surface area contributed by atoms with Crippen molar-refractivity contribution in [2.24, 2.45) is 11.8 Å². The van der Waals surface area contributed by atoms with Gasteiger partial charge in [0.2, 0.25) is 0 Å². The summed E-state index contributed by atoms with van der Waals surface area (Å²) in [5, 5.41) is 0. The summed E-state index contributed by atoms with van der Waals surface area (Å²) in [4.78, 5) is 26.0. The molecule has 2 rings (SSSR count). The van der Waals surface area contributed by atoms with E-state index in [1.807, 2.05) is 13.8 Å². The lowest BCUT2D eigenvalue weighted by molar-refractivity contribution is -0.394. The molecular weight excluding hydrogens is 680 g/mol. The fourth-order valence-electron chi connectivity index (χ4n) is 6.20. The van der Waals surface area contributed by atoms with Gasteiger partial charge in [0, 0.05) is 24.7 Å². The fourth-order valence-corrected chi connectivity index (χ4v) is 7.06. The predicted octanol–water partition coefficient (Wildman–Crippen LogP) is 8.95. The summed E-state index contributed by atoms with van der Waals surface area (Å²) in [6, 6.07) is 0. The van der Waals surface area contributed by atoms with Crippen molar-refractivity contribution in [2.75, 3.05) is 13.2 Å². The van der Waals surface area contributed by atoms with Crippen LogP contribution in [-0.4, -0.2) is 58.6 Å². The van der Waals surface area contributed by atoms with E-state index >= 15 is 0 Å². The number of rotatable bonds is 18. The zero-order chi connectivity index (χ0) is 32.2. The molecule has 0 bridgehead atoms. The molecule has 9 heteroatoms. The van der Waals surface area contributed by atoms with Crippen LogP contribution in [-0.2, 0) is 33.3 Å². The van der Waals surface area contributed by atoms with Gasteiger partial charge < -0.3 is 23.7 Å². The van der Waals surface area contributed by atoms with Crippen LogP contribution < -0.4 is 0 Å². The molecule has 43 heavy (non-hydrogen) atoms. The van der Waals surface area contributed by atoms with Crippen LogP contribution >= 0.6 is 31.9 Å². The molecule has 0 N–H and O–H groups in total. The highest BCUT2D eigenvalue weighted by atomic mass is 79.9. The van der Waals surface area contributed by atoms with Crippen LogP contribution in [0.4, 0.5) is 0 Å². The lowest BCUT2D eigenvalue weighted by atomic mass is 9.81. The predicted molar refractivity (Wildman–Crippen MR) is 178 cm³/mol. The number of alkyl halides is 2. The molecule has 0 radical (unpaired) electrons. The second-order valence-electron chi connectivity index (χ2n) is 12.1. The van der Waals surface area contributed by atoms with Crippen molar-refractivity contribution in [3.63, 3.8) is 0 Å². The van der Waals surface area contributed by atoms with Gasteiger partial charge in [-0.25, -0.2) is 9.59 Å². The van der Waals surface area contributed by atoms with Crippen molar-refractivity contribution in [1.29, 1.82) is 0 Å². The first-order chi connectivity index (χ1) is 20.4. The molecule has 0 aromatic heterocycles. The van der Waals surface area contributed by atoms with E-state index in [1.54, 1.807) is 13.8 Å². The summed E-state index contributed by atoms with van der Waals surface area (Å²) in [6.45, 7) is 21.1. The van der Waals surface area contributed by atoms with Gasteiger partial charge in [0.15, 0.2) is 23.8 Å². The molecule has 0 amide bonds. The molecule has 2 heterocycles. The number of carbonyl (C=O) groups excluding carboxylic acids is 2. The first-order valence-corrected chi connectivity index (χ1v) is 18.3. The van der Waals surface area contributed by atoms with E-state index in [0.29, 0.717) is 25.7 Å². The van der Waals surface area contributed by atoms with Gasteiger partial charge in [-0.3, -0.25) is 0 Å². The van der Waals surface area contributed by atoms with Crippen molar-refractivity contribution in [2.45, 2.75) is 152 Å². The minimum absolute atomic E-state index is 0.174. The fraction of sp³-hybridized carbons (Fsp3) is 0.824. The minimum Gasteiger partial charge on any atom is -0.464 e. The number of hydrogen-bond acceptors (Lipinski definition) is 7. The van der Waals surface area contributed by atoms with Gasteiger partial charge >= 0.3 is 11.9 Å². The standard InChI is InChI=1S/C34H56Br2O7/c1-9-13-15-17-23(5)27-19-21-33(25(7)35,41-29(27)31(37)39-11-3)43-34(26(8)36)22-20-28(24(6)18-16-14-10-2)30(42-34)32(38)40-12-4/h25-30H,5-6,9-22H2,1-4,7-8H3. The summed E-state index contributed by atoms with van der Waals surface area (Å²) >= 11 is 7.51. The van der Waals surface area contributed by atoms with E-state index in [2.05, 4.69) is 58.9 Å². The van der Waals surface area contributed by atoms with Crippen LogP contribution in [0.2, 0.25) is 0 Å². The van der Waals surface area contributed by atoms with Crippen LogP contribution in [0.15, 0.2) is 24.3 Å². The summed E-state index contributed by atoms with van der Waals surface area (Å²) in [5.74, 6) is -3.61. The Bertz CT molecular complexity index is 850. The number of ether oxygens (including phenoxy) is 5. The summed E-state index contributed by atoms with van der Waals surface area (Å²) < 4.78 is 31.4. The zero-order valence-corrected chi connectivity index (χ0v) is 30.6. The normalized spacial score (nSPS) is 30.7. The van der Waals surface area contributed by atoms with E-state index in [4.69, 9.17) is 23.7 Å². The van der Waals surface area contributed by atoms with E-state index in [1.165, 1.54) is 0 Å². The number of halogens is 2. The molecule has 8 unspecified atom stereocenters. The van der Waals surface area contributed by atoms with Crippen molar-refractivity contribution in [3.05, 3.63) is 24.3 Å². The first-order valence-electron chi connectivity index (χ1n) is 16.4. The van der Waals surface area contributed by atoms with E-state index in [0.717, 1.165) is 62.5 Å². The third kappa shape index (κ3) is 10.1. The Kier molecular flexibility index (Phi) is 16.5. The molecule has 2 fully saturated rings. The SMILES string of the molecule is C=C(CCCCC)C1CCC(OC2(C(C)Br)CCC(C(=C)CCCCC)C(C(=O)OCC)O2)(C(C)Br)OC1C(=O)OCC. The van der Waals surface area contributed by atoms with Crippen molar-refractivity contribution in [1.82, 2.24) is 0 Å². The van der Waals surface area contributed by atoms with Crippen LogP contribution in [0.1, 0.15) is 119 Å². The number of hydrogen-bond donors (Lipinski definition) is 0. The second-order valence-corrected chi connectivity index (χ2v) is 14.8. The Morgan fingerprint density at radius 3 is 1.42 bits per heavy atom. The molecule has 2 saturated heterocycles. The summed E-state index contributed by atoms with van der Waals surface area (Å²) in [5.41, 5.74) is 2.01. The second kappa shape index (κ2) is 18.4. The zero-order valence-electron chi connectivity index (χ0n) is 27.4. The highest BCUT2D eigenvalue weighted by Gasteiger charge is 2.57. The van der Waals surface area contributed by atoms with Gasteiger partial charge in [0.25, 0.3) is 0 Å². The van der Waals surface area contributed by atoms with E-state index in [9.17, 15) is 9.59 Å². The summed E-state index contributed by atoms with van der Waals surface area (Å²) in [7, 11) is 0. The maximum Gasteiger partial charge on any atom is 0.336 e. The maximum atomic E-state index is 13.3. The molecule has 0 aromatic carbocycles. The van der Waals surface area contributed by atoms with Crippen molar-refractivity contribution < 1.29 is 33.3 Å². The Balaban J connectivity index is 2.42. The third-order valence-corrected chi connectivity index (χ3v) is 10.2. The lowest BCUT2D eigenvalue weighted by Gasteiger charge is -2.53. The molecule has 7 nitrogen and oxygen atoms in total. The van der Waals surface area contributed by atoms with Crippen molar-refractivity contribution >= 4 is 43.8 Å². The van der Waals surface area contributed by atoms with Gasteiger partial charge in [0.05, 0.1) is 22.9 Å². The first kappa shape index (κ1) is 38.4. The van der Waals surface area contributed by atoms with E-state index < -0.39 is 35.7 Å². The molecule has 8 atom stereocenters. The molecule has 0 aromatic rings. The molecule has 0 spiro atoms. The van der Waals surface area contributed by atoms with Crippen LogP contribution in [0.3, 0.4) is 0 Å². The van der Waals surface area contributed by atoms with Crippen LogP contribution in [0, 0.1) is 11.8 Å². The van der Waals surface area contributed by atoms with E-state index in [-0.39, 0.29) is 34.7 Å². The molecular formula is C34H56Br2O7. The Morgan fingerprint density at radius 2 is 1.12 bits per heavy atom. The largest absolute Gasteiger partial charge is 0.464 e. The number of unbranched alkanes of at least 4 members (excludes halogenated alkanes) is 4. The molecule has 248 valence electrons. The quantitative estimate of drug-likeness (QED) is 0.0602. The monoisotopic (exact) mass is 734 g/mol. The Labute approximate surface area is 277 Å². The molecule has 0 aliphatic carbocycles. The van der Waals surface area contributed by atoms with Gasteiger partial charge in [-0.15, -0.1) is 0 Å². The maximum absolute atomic E-state index is 13.3. The smallest absolute Gasteiger partial charge is 0.336 e. The molecule has 0 saturated carbocycles. The average molecular weight is 737 g/mol. The van der Waals surface area contributed by atoms with Gasteiger partial charge in [-0.1, -0.05) is 95.7 Å². The third-order valence-electron chi connectivity index (χ3n) is 8.84. The Morgan fingerprint density at radius 1 is 0.744 bits per heavy atom. The Hall–Kier alpha value is -0.740. The van der Waals surface area contributed by atoms with Crippen LogP contribution in [0.25, 0.3) is 0 Å². The lowest BCUT2D eigenvalue weighted by Crippen LogP contribution is -2.63. The average Bonchev–Trinajstić information content (AvgIpc) is 2.97. The number of esters is 2. The van der Waals surface area contributed by atoms with Crippen LogP contribution in [0.5, 0.6) is 0 Å². The molecule has 2 aliphatic rings. The topological polar surface area (TPSA) is 80.3 Å². The minimum atomic E-state index is -1.22. The molecule has 2 aliphatic heterocycles. The van der Waals surface area contributed by atoms with Gasteiger partial charge in [-0.05, 0) is 66.2 Å². The summed E-state index contributed by atoms with van der Waals surface area (Å²) in [6.07, 6.45) is 8.76. The number of carbonyl (C=O) groups is 2. The van der Waals surface area contributed by atoms with Crippen molar-refractivity contribution in [3.8, 4) is 0 Å². The van der Waals surface area contributed by atoms with Gasteiger partial charge in [0.1, 0.15) is 0 Å². The highest BCUT2D eigenvalue weighted by molar-refractivity contribution is 9.09. The van der Waals surface area contributed by atoms with Gasteiger partial charge in [-0.2, -0.15) is 0 Å².